The van der Waals surface area contributed by atoms with Gasteiger partial charge in [-0.1, -0.05) is 0 Å². The molecule has 0 atom stereocenters. The molecule has 1 aromatic heterocycles. The predicted molar refractivity (Wildman–Crippen MR) is 42.7 cm³/mol. The van der Waals surface area contributed by atoms with Crippen LogP contribution < -0.4 is 0 Å². The minimum atomic E-state index is 0.583. The molecule has 0 saturated carbocycles. The summed E-state index contributed by atoms with van der Waals surface area (Å²) in [7, 11) is 0. The first kappa shape index (κ1) is 7.06. The lowest BCUT2D eigenvalue weighted by molar-refractivity contribution is 1.00. The van der Waals surface area contributed by atoms with Crippen LogP contribution in [0, 0.1) is 19.3 Å². The molecule has 0 radical (unpaired) electrons. The Hall–Kier alpha value is -1.05. The molecule has 0 aliphatic rings. The van der Waals surface area contributed by atoms with E-state index in [1.165, 1.54) is 0 Å². The summed E-state index contributed by atoms with van der Waals surface area (Å²) < 4.78 is 1.92. The van der Waals surface area contributed by atoms with Gasteiger partial charge < -0.3 is 4.57 Å². The van der Waals surface area contributed by atoms with Crippen LogP contribution in [0.3, 0.4) is 0 Å². The van der Waals surface area contributed by atoms with E-state index in [1.807, 2.05) is 30.5 Å². The first-order chi connectivity index (χ1) is 4.63. The van der Waals surface area contributed by atoms with E-state index in [0.29, 0.717) is 5.84 Å². The molecule has 54 valence electrons. The molecule has 2 heteroatoms. The SMILES string of the molecule is CC(=N)n1c(C)ccc1C. The predicted octanol–water partition coefficient (Wildman–Crippen LogP) is 1.95. The first-order valence-electron chi connectivity index (χ1n) is 3.33. The number of rotatable bonds is 0. The first-order valence-corrected chi connectivity index (χ1v) is 3.33. The van der Waals surface area contributed by atoms with E-state index >= 15 is 0 Å². The molecule has 10 heavy (non-hydrogen) atoms. The molecule has 1 aromatic rings. The van der Waals surface area contributed by atoms with Crippen LogP contribution in [0.25, 0.3) is 0 Å². The van der Waals surface area contributed by atoms with E-state index in [0.717, 1.165) is 11.4 Å². The zero-order valence-corrected chi connectivity index (χ0v) is 6.60. The second kappa shape index (κ2) is 2.29. The molecule has 0 amide bonds. The van der Waals surface area contributed by atoms with Gasteiger partial charge >= 0.3 is 0 Å². The average molecular weight is 136 g/mol. The van der Waals surface area contributed by atoms with Crippen molar-refractivity contribution in [3.63, 3.8) is 0 Å². The van der Waals surface area contributed by atoms with E-state index in [1.54, 1.807) is 6.92 Å². The summed E-state index contributed by atoms with van der Waals surface area (Å²) >= 11 is 0. The van der Waals surface area contributed by atoms with Gasteiger partial charge in [0.05, 0.1) is 0 Å². The largest absolute Gasteiger partial charge is 0.307 e. The van der Waals surface area contributed by atoms with Crippen molar-refractivity contribution in [1.29, 1.82) is 5.41 Å². The van der Waals surface area contributed by atoms with Crippen molar-refractivity contribution in [3.8, 4) is 0 Å². The van der Waals surface area contributed by atoms with Gasteiger partial charge in [0.2, 0.25) is 0 Å². The number of hydrogen-bond donors (Lipinski definition) is 1. The molecule has 1 rings (SSSR count). The summed E-state index contributed by atoms with van der Waals surface area (Å²) in [6.07, 6.45) is 0. The van der Waals surface area contributed by atoms with Crippen molar-refractivity contribution in [3.05, 3.63) is 23.5 Å². The van der Waals surface area contributed by atoms with E-state index in [2.05, 4.69) is 0 Å². The molecule has 1 N–H and O–H groups in total. The number of nitrogens with zero attached hydrogens (tertiary/aromatic N) is 1. The molecule has 0 aliphatic heterocycles. The fraction of sp³-hybridized carbons (Fsp3) is 0.375. The lowest BCUT2D eigenvalue weighted by Crippen LogP contribution is -2.08. The van der Waals surface area contributed by atoms with Crippen LogP contribution in [0.1, 0.15) is 18.3 Å². The summed E-state index contributed by atoms with van der Waals surface area (Å²) in [6, 6.07) is 4.04. The van der Waals surface area contributed by atoms with Gasteiger partial charge in [0.25, 0.3) is 0 Å². The van der Waals surface area contributed by atoms with Gasteiger partial charge in [-0.25, -0.2) is 0 Å². The van der Waals surface area contributed by atoms with Crippen molar-refractivity contribution in [2.75, 3.05) is 0 Å². The highest BCUT2D eigenvalue weighted by atomic mass is 15.0. The van der Waals surface area contributed by atoms with E-state index in [4.69, 9.17) is 5.41 Å². The third kappa shape index (κ3) is 0.967. The molecule has 0 aliphatic carbocycles. The molecule has 0 unspecified atom stereocenters. The van der Waals surface area contributed by atoms with Gasteiger partial charge in [-0.05, 0) is 32.9 Å². The number of hydrogen-bond acceptors (Lipinski definition) is 1. The maximum absolute atomic E-state index is 7.40. The topological polar surface area (TPSA) is 28.8 Å². The summed E-state index contributed by atoms with van der Waals surface area (Å²) in [5.41, 5.74) is 2.26. The van der Waals surface area contributed by atoms with Crippen LogP contribution in [0.2, 0.25) is 0 Å². The number of aromatic nitrogens is 1. The Bertz CT molecular complexity index is 239. The van der Waals surface area contributed by atoms with E-state index in [-0.39, 0.29) is 0 Å². The van der Waals surface area contributed by atoms with Gasteiger partial charge in [-0.2, -0.15) is 0 Å². The van der Waals surface area contributed by atoms with E-state index in [9.17, 15) is 0 Å². The van der Waals surface area contributed by atoms with Crippen molar-refractivity contribution < 1.29 is 0 Å². The van der Waals surface area contributed by atoms with Crippen LogP contribution >= 0.6 is 0 Å². The Balaban J connectivity index is 3.23. The van der Waals surface area contributed by atoms with Gasteiger partial charge in [0.15, 0.2) is 0 Å². The van der Waals surface area contributed by atoms with Crippen molar-refractivity contribution >= 4 is 5.84 Å². The molecule has 0 fully saturated rings. The number of aryl methyl sites for hydroxylation is 2. The Morgan fingerprint density at radius 2 is 1.70 bits per heavy atom. The van der Waals surface area contributed by atoms with Crippen LogP contribution in [0.15, 0.2) is 12.1 Å². The van der Waals surface area contributed by atoms with Gasteiger partial charge in [0.1, 0.15) is 5.84 Å². The molecule has 0 saturated heterocycles. The summed E-state index contributed by atoms with van der Waals surface area (Å²) in [5.74, 6) is 0.583. The third-order valence-electron chi connectivity index (χ3n) is 1.61. The van der Waals surface area contributed by atoms with Gasteiger partial charge in [0, 0.05) is 11.4 Å². The maximum Gasteiger partial charge on any atom is 0.101 e. The average Bonchev–Trinajstić information content (AvgIpc) is 2.11. The van der Waals surface area contributed by atoms with E-state index < -0.39 is 0 Å². The minimum absolute atomic E-state index is 0.583. The quantitative estimate of drug-likeness (QED) is 0.417. The molecule has 0 bridgehead atoms. The van der Waals surface area contributed by atoms with Crippen LogP contribution in [0.4, 0.5) is 0 Å². The fourth-order valence-corrected chi connectivity index (χ4v) is 1.20. The van der Waals surface area contributed by atoms with Crippen molar-refractivity contribution in [2.24, 2.45) is 0 Å². The van der Waals surface area contributed by atoms with Crippen LogP contribution in [-0.2, 0) is 0 Å². The Kier molecular flexibility index (Phi) is 1.62. The van der Waals surface area contributed by atoms with Gasteiger partial charge in [-0.3, -0.25) is 5.41 Å². The molecule has 0 spiro atoms. The minimum Gasteiger partial charge on any atom is -0.307 e. The molecular formula is C8H12N2. The zero-order valence-electron chi connectivity index (χ0n) is 6.60. The van der Waals surface area contributed by atoms with Crippen molar-refractivity contribution in [1.82, 2.24) is 4.57 Å². The molecular weight excluding hydrogens is 124 g/mol. The monoisotopic (exact) mass is 136 g/mol. The second-order valence-corrected chi connectivity index (χ2v) is 2.54. The lowest BCUT2D eigenvalue weighted by Gasteiger charge is -2.04. The number of nitrogens with one attached hydrogen (secondary N) is 1. The lowest BCUT2D eigenvalue weighted by atomic mass is 10.5. The standard InChI is InChI=1S/C8H12N2/c1-6-4-5-7(2)10(6)8(3)9/h4-5,9H,1-3H3. The Labute approximate surface area is 61.0 Å². The normalized spacial score (nSPS) is 9.90. The molecule has 1 heterocycles. The third-order valence-corrected chi connectivity index (χ3v) is 1.61. The Morgan fingerprint density at radius 3 is 1.90 bits per heavy atom. The highest BCUT2D eigenvalue weighted by Crippen LogP contribution is 2.05. The van der Waals surface area contributed by atoms with Gasteiger partial charge in [-0.15, -0.1) is 0 Å². The van der Waals surface area contributed by atoms with Crippen LogP contribution in [0.5, 0.6) is 0 Å². The summed E-state index contributed by atoms with van der Waals surface area (Å²) in [5, 5.41) is 7.40. The molecule has 0 aromatic carbocycles. The molecule has 2 nitrogen and oxygen atoms in total. The smallest absolute Gasteiger partial charge is 0.101 e. The maximum atomic E-state index is 7.40. The highest BCUT2D eigenvalue weighted by Gasteiger charge is 2.00. The fourth-order valence-electron chi connectivity index (χ4n) is 1.20. The van der Waals surface area contributed by atoms with Crippen LogP contribution in [-0.4, -0.2) is 10.4 Å². The second-order valence-electron chi connectivity index (χ2n) is 2.54. The zero-order chi connectivity index (χ0) is 7.72. The summed E-state index contributed by atoms with van der Waals surface area (Å²) in [4.78, 5) is 0. The highest BCUT2D eigenvalue weighted by molar-refractivity contribution is 5.80. The Morgan fingerprint density at radius 1 is 1.30 bits per heavy atom. The summed E-state index contributed by atoms with van der Waals surface area (Å²) in [6.45, 7) is 5.80. The van der Waals surface area contributed by atoms with Crippen molar-refractivity contribution in [2.45, 2.75) is 20.8 Å².